The minimum absolute atomic E-state index is 0.0227. The fourth-order valence-electron chi connectivity index (χ4n) is 2.03. The van der Waals surface area contributed by atoms with Gasteiger partial charge < -0.3 is 0 Å². The molecule has 1 saturated heterocycles. The molecular formula is C10H18N2O2S. The van der Waals surface area contributed by atoms with Crippen LogP contribution in [0.25, 0.3) is 0 Å². The van der Waals surface area contributed by atoms with Gasteiger partial charge in [0.2, 0.25) is 10.0 Å². The topological polar surface area (TPSA) is 61.2 Å². The fourth-order valence-corrected chi connectivity index (χ4v) is 3.52. The van der Waals surface area contributed by atoms with E-state index in [1.54, 1.807) is 6.07 Å². The molecule has 3 unspecified atom stereocenters. The lowest BCUT2D eigenvalue weighted by atomic mass is 9.95. The van der Waals surface area contributed by atoms with Gasteiger partial charge in [-0.2, -0.15) is 9.57 Å². The first-order chi connectivity index (χ1) is 6.89. The molecule has 3 atom stereocenters. The van der Waals surface area contributed by atoms with Crippen LogP contribution in [0.4, 0.5) is 0 Å². The van der Waals surface area contributed by atoms with Crippen LogP contribution in [0, 0.1) is 17.2 Å². The third-order valence-electron chi connectivity index (χ3n) is 3.03. The van der Waals surface area contributed by atoms with Crippen molar-refractivity contribution >= 4 is 10.0 Å². The minimum Gasteiger partial charge on any atom is -0.211 e. The average molecular weight is 230 g/mol. The van der Waals surface area contributed by atoms with Gasteiger partial charge in [0.1, 0.15) is 0 Å². The first-order valence-corrected chi connectivity index (χ1v) is 6.80. The van der Waals surface area contributed by atoms with Gasteiger partial charge in [0, 0.05) is 12.6 Å². The van der Waals surface area contributed by atoms with Gasteiger partial charge in [-0.05, 0) is 32.6 Å². The summed E-state index contributed by atoms with van der Waals surface area (Å²) in [6.45, 7) is 6.04. The van der Waals surface area contributed by atoms with E-state index in [9.17, 15) is 8.42 Å². The monoisotopic (exact) mass is 230 g/mol. The van der Waals surface area contributed by atoms with E-state index >= 15 is 0 Å². The second-order valence-corrected chi connectivity index (χ2v) is 6.61. The summed E-state index contributed by atoms with van der Waals surface area (Å²) in [7, 11) is -3.41. The highest BCUT2D eigenvalue weighted by Crippen LogP contribution is 2.26. The molecule has 15 heavy (non-hydrogen) atoms. The van der Waals surface area contributed by atoms with Gasteiger partial charge in [0.05, 0.1) is 6.07 Å². The van der Waals surface area contributed by atoms with E-state index in [-0.39, 0.29) is 6.04 Å². The zero-order chi connectivity index (χ0) is 11.6. The first kappa shape index (κ1) is 12.5. The largest absolute Gasteiger partial charge is 0.230 e. The van der Waals surface area contributed by atoms with Crippen molar-refractivity contribution < 1.29 is 8.42 Å². The van der Waals surface area contributed by atoms with Crippen molar-refractivity contribution in [3.63, 3.8) is 0 Å². The van der Waals surface area contributed by atoms with Crippen molar-refractivity contribution in [2.24, 2.45) is 5.92 Å². The number of hydrogen-bond donors (Lipinski definition) is 0. The molecule has 0 spiro atoms. The maximum atomic E-state index is 11.9. The summed E-state index contributed by atoms with van der Waals surface area (Å²) in [6, 6.07) is 1.83. The molecule has 0 amide bonds. The van der Waals surface area contributed by atoms with Gasteiger partial charge >= 0.3 is 0 Å². The predicted octanol–water partition coefficient (Wildman–Crippen LogP) is 1.35. The summed E-state index contributed by atoms with van der Waals surface area (Å²) >= 11 is 0. The van der Waals surface area contributed by atoms with Crippen LogP contribution in [-0.2, 0) is 10.0 Å². The molecule has 1 aliphatic rings. The van der Waals surface area contributed by atoms with E-state index in [0.29, 0.717) is 12.5 Å². The van der Waals surface area contributed by atoms with Gasteiger partial charge in [-0.3, -0.25) is 0 Å². The first-order valence-electron chi connectivity index (χ1n) is 5.30. The molecule has 1 heterocycles. The Morgan fingerprint density at radius 1 is 1.47 bits per heavy atom. The molecule has 0 aromatic rings. The molecule has 0 N–H and O–H groups in total. The quantitative estimate of drug-likeness (QED) is 0.719. The Morgan fingerprint density at radius 3 is 2.53 bits per heavy atom. The highest BCUT2D eigenvalue weighted by molar-refractivity contribution is 7.90. The lowest BCUT2D eigenvalue weighted by Crippen LogP contribution is -2.47. The van der Waals surface area contributed by atoms with Crippen LogP contribution in [0.5, 0.6) is 0 Å². The Hall–Kier alpha value is -0.600. The van der Waals surface area contributed by atoms with Crippen LogP contribution in [0.1, 0.15) is 33.6 Å². The standard InChI is InChI=1S/C10H18N2O2S/c1-8-4-5-12(9(2)6-8)15(13,14)10(3)7-11/h8-10H,4-6H2,1-3H3. The number of nitrogens with zero attached hydrogens (tertiary/aromatic N) is 2. The van der Waals surface area contributed by atoms with Gasteiger partial charge in [0.25, 0.3) is 0 Å². The van der Waals surface area contributed by atoms with Gasteiger partial charge in [-0.15, -0.1) is 0 Å². The van der Waals surface area contributed by atoms with Crippen LogP contribution < -0.4 is 0 Å². The zero-order valence-corrected chi connectivity index (χ0v) is 10.3. The molecule has 0 bridgehead atoms. The Balaban J connectivity index is 2.85. The summed E-state index contributed by atoms with van der Waals surface area (Å²) in [6.07, 6.45) is 1.78. The molecule has 4 nitrogen and oxygen atoms in total. The van der Waals surface area contributed by atoms with Crippen molar-refractivity contribution in [1.82, 2.24) is 4.31 Å². The van der Waals surface area contributed by atoms with E-state index in [1.807, 2.05) is 6.92 Å². The summed E-state index contributed by atoms with van der Waals surface area (Å²) in [5.41, 5.74) is 0. The van der Waals surface area contributed by atoms with Gasteiger partial charge in [-0.25, -0.2) is 8.42 Å². The highest BCUT2D eigenvalue weighted by Gasteiger charge is 2.35. The zero-order valence-electron chi connectivity index (χ0n) is 9.47. The Morgan fingerprint density at radius 2 is 2.07 bits per heavy atom. The second-order valence-electron chi connectivity index (χ2n) is 4.41. The lowest BCUT2D eigenvalue weighted by molar-refractivity contribution is 0.219. The summed E-state index contributed by atoms with van der Waals surface area (Å²) in [4.78, 5) is 0. The average Bonchev–Trinajstić information content (AvgIpc) is 2.15. The maximum absolute atomic E-state index is 11.9. The molecule has 0 radical (unpaired) electrons. The molecule has 0 aromatic heterocycles. The number of piperidine rings is 1. The number of rotatable bonds is 2. The van der Waals surface area contributed by atoms with Crippen LogP contribution in [-0.4, -0.2) is 30.6 Å². The fraction of sp³-hybridized carbons (Fsp3) is 0.900. The van der Waals surface area contributed by atoms with Crippen molar-refractivity contribution in [3.05, 3.63) is 0 Å². The molecule has 0 aromatic carbocycles. The normalized spacial score (nSPS) is 30.8. The molecule has 1 fully saturated rings. The number of sulfonamides is 1. The van der Waals surface area contributed by atoms with Crippen LogP contribution in [0.2, 0.25) is 0 Å². The van der Waals surface area contributed by atoms with Crippen molar-refractivity contribution in [2.75, 3.05) is 6.54 Å². The van der Waals surface area contributed by atoms with Gasteiger partial charge in [0.15, 0.2) is 5.25 Å². The predicted molar refractivity (Wildman–Crippen MR) is 58.6 cm³/mol. The van der Waals surface area contributed by atoms with E-state index in [4.69, 9.17) is 5.26 Å². The number of hydrogen-bond acceptors (Lipinski definition) is 3. The molecular weight excluding hydrogens is 212 g/mol. The van der Waals surface area contributed by atoms with Crippen molar-refractivity contribution in [1.29, 1.82) is 5.26 Å². The third kappa shape index (κ3) is 2.50. The molecule has 0 aliphatic carbocycles. The SMILES string of the molecule is CC1CCN(S(=O)(=O)C(C)C#N)C(C)C1. The maximum Gasteiger partial charge on any atom is 0.230 e. The van der Waals surface area contributed by atoms with E-state index in [2.05, 4.69) is 6.92 Å². The molecule has 86 valence electrons. The number of nitriles is 1. The highest BCUT2D eigenvalue weighted by atomic mass is 32.2. The smallest absolute Gasteiger partial charge is 0.211 e. The second kappa shape index (κ2) is 4.50. The van der Waals surface area contributed by atoms with Crippen LogP contribution >= 0.6 is 0 Å². The van der Waals surface area contributed by atoms with E-state index in [1.165, 1.54) is 11.2 Å². The van der Waals surface area contributed by atoms with E-state index in [0.717, 1.165) is 12.8 Å². The van der Waals surface area contributed by atoms with Gasteiger partial charge in [-0.1, -0.05) is 6.92 Å². The molecule has 1 rings (SSSR count). The van der Waals surface area contributed by atoms with E-state index < -0.39 is 15.3 Å². The molecule has 5 heteroatoms. The summed E-state index contributed by atoms with van der Waals surface area (Å²) in [5, 5.41) is 7.75. The van der Waals surface area contributed by atoms with Crippen LogP contribution in [0.3, 0.4) is 0 Å². The minimum atomic E-state index is -3.41. The Labute approximate surface area is 91.9 Å². The molecule has 1 aliphatic heterocycles. The Kier molecular flexibility index (Phi) is 3.74. The third-order valence-corrected chi connectivity index (χ3v) is 5.23. The van der Waals surface area contributed by atoms with Crippen molar-refractivity contribution in [3.8, 4) is 6.07 Å². The summed E-state index contributed by atoms with van der Waals surface area (Å²) < 4.78 is 25.4. The summed E-state index contributed by atoms with van der Waals surface area (Å²) in [5.74, 6) is 0.573. The van der Waals surface area contributed by atoms with Crippen LogP contribution in [0.15, 0.2) is 0 Å². The molecule has 0 saturated carbocycles. The van der Waals surface area contributed by atoms with Crippen molar-refractivity contribution in [2.45, 2.75) is 44.9 Å². The lowest BCUT2D eigenvalue weighted by Gasteiger charge is -2.35. The Bertz CT molecular complexity index is 358.